The summed E-state index contributed by atoms with van der Waals surface area (Å²) in [4.78, 5) is 21.7. The molecule has 0 bridgehead atoms. The van der Waals surface area contributed by atoms with Crippen LogP contribution < -0.4 is 0 Å². The number of ether oxygens (including phenoxy) is 1. The Hall–Kier alpha value is -1.88. The summed E-state index contributed by atoms with van der Waals surface area (Å²) in [6.45, 7) is 2.16. The van der Waals surface area contributed by atoms with Gasteiger partial charge in [0.2, 0.25) is 5.91 Å². The number of hydrogen-bond acceptors (Lipinski definition) is 3. The molecule has 0 aliphatic carbocycles. The van der Waals surface area contributed by atoms with E-state index in [0.29, 0.717) is 18.9 Å². The van der Waals surface area contributed by atoms with Crippen LogP contribution in [0.3, 0.4) is 0 Å². The third-order valence-electron chi connectivity index (χ3n) is 4.27. The number of pyridine rings is 1. The van der Waals surface area contributed by atoms with Gasteiger partial charge in [0.1, 0.15) is 0 Å². The molecule has 3 rings (SSSR count). The molecule has 0 radical (unpaired) electrons. The first-order valence-electron chi connectivity index (χ1n) is 7.48. The number of carbonyl (C=O) groups excluding carboxylic acids is 1. The van der Waals surface area contributed by atoms with Crippen molar-refractivity contribution >= 4 is 16.9 Å². The molecule has 1 aliphatic rings. The van der Waals surface area contributed by atoms with E-state index in [0.717, 1.165) is 37.0 Å². The van der Waals surface area contributed by atoms with Crippen LogP contribution in [0.4, 0.5) is 0 Å². The quantitative estimate of drug-likeness (QED) is 0.938. The molecule has 0 saturated carbocycles. The van der Waals surface area contributed by atoms with Gasteiger partial charge in [-0.1, -0.05) is 0 Å². The molecule has 5 heteroatoms. The molecule has 21 heavy (non-hydrogen) atoms. The molecule has 0 aromatic carbocycles. The Morgan fingerprint density at radius 3 is 3.05 bits per heavy atom. The summed E-state index contributed by atoms with van der Waals surface area (Å²) in [6.07, 6.45) is 6.40. The second-order valence-corrected chi connectivity index (χ2v) is 5.54. The molecule has 0 spiro atoms. The van der Waals surface area contributed by atoms with Gasteiger partial charge in [0.25, 0.3) is 0 Å². The van der Waals surface area contributed by atoms with E-state index >= 15 is 0 Å². The van der Waals surface area contributed by atoms with Gasteiger partial charge in [0.05, 0.1) is 24.1 Å². The lowest BCUT2D eigenvalue weighted by atomic mass is 9.90. The first kappa shape index (κ1) is 14.1. The lowest BCUT2D eigenvalue weighted by molar-refractivity contribution is -0.133. The molecule has 1 saturated heterocycles. The molecule has 1 aliphatic heterocycles. The fourth-order valence-corrected chi connectivity index (χ4v) is 3.07. The van der Waals surface area contributed by atoms with Gasteiger partial charge in [0, 0.05) is 32.6 Å². The lowest BCUT2D eigenvalue weighted by Crippen LogP contribution is -2.38. The topological polar surface area (TPSA) is 58.2 Å². The fourth-order valence-electron chi connectivity index (χ4n) is 3.07. The van der Waals surface area contributed by atoms with Gasteiger partial charge in [-0.25, -0.2) is 0 Å². The van der Waals surface area contributed by atoms with Crippen molar-refractivity contribution in [3.05, 3.63) is 30.1 Å². The normalized spacial score (nSPS) is 16.5. The van der Waals surface area contributed by atoms with Gasteiger partial charge in [-0.3, -0.25) is 9.78 Å². The van der Waals surface area contributed by atoms with E-state index in [4.69, 9.17) is 4.74 Å². The highest BCUT2D eigenvalue weighted by Gasteiger charge is 2.25. The number of likely N-dealkylation sites (tertiary alicyclic amines) is 1. The maximum absolute atomic E-state index is 12.0. The molecule has 112 valence electrons. The van der Waals surface area contributed by atoms with E-state index in [-0.39, 0.29) is 5.91 Å². The van der Waals surface area contributed by atoms with E-state index in [2.05, 4.69) is 22.2 Å². The molecular weight excluding hydrogens is 266 g/mol. The Kier molecular flexibility index (Phi) is 4.20. The average molecular weight is 287 g/mol. The van der Waals surface area contributed by atoms with Crippen molar-refractivity contribution in [2.75, 3.05) is 26.8 Å². The fraction of sp³-hybridized carbons (Fsp3) is 0.500. The number of carbonyl (C=O) groups is 1. The molecule has 0 unspecified atom stereocenters. The number of piperidine rings is 1. The molecule has 3 heterocycles. The van der Waals surface area contributed by atoms with Gasteiger partial charge in [0.15, 0.2) is 0 Å². The zero-order valence-corrected chi connectivity index (χ0v) is 12.3. The van der Waals surface area contributed by atoms with Gasteiger partial charge in [-0.2, -0.15) is 0 Å². The van der Waals surface area contributed by atoms with Crippen LogP contribution in [0.15, 0.2) is 24.5 Å². The number of nitrogens with zero attached hydrogens (tertiary/aromatic N) is 2. The number of fused-ring (bicyclic) bond motifs is 1. The number of nitrogens with one attached hydrogen (secondary N) is 1. The highest BCUT2D eigenvalue weighted by atomic mass is 16.5. The van der Waals surface area contributed by atoms with Crippen molar-refractivity contribution in [2.24, 2.45) is 0 Å². The summed E-state index contributed by atoms with van der Waals surface area (Å²) in [5.74, 6) is 0.687. The summed E-state index contributed by atoms with van der Waals surface area (Å²) >= 11 is 0. The first-order valence-corrected chi connectivity index (χ1v) is 7.48. The van der Waals surface area contributed by atoms with Crippen LogP contribution in [0.5, 0.6) is 0 Å². The second kappa shape index (κ2) is 6.26. The SMILES string of the molecule is COCCC(=O)N1CCC(c2c[nH]c3cccnc23)CC1. The maximum atomic E-state index is 12.0. The van der Waals surface area contributed by atoms with E-state index in [1.807, 2.05) is 17.2 Å². The van der Waals surface area contributed by atoms with Crippen molar-refractivity contribution in [2.45, 2.75) is 25.2 Å². The van der Waals surface area contributed by atoms with Crippen LogP contribution in [0.1, 0.15) is 30.7 Å². The predicted octanol–water partition coefficient (Wildman–Crippen LogP) is 2.31. The van der Waals surface area contributed by atoms with Crippen molar-refractivity contribution < 1.29 is 9.53 Å². The summed E-state index contributed by atoms with van der Waals surface area (Å²) in [6, 6.07) is 3.99. The second-order valence-electron chi connectivity index (χ2n) is 5.54. The Labute approximate surface area is 124 Å². The maximum Gasteiger partial charge on any atom is 0.224 e. The van der Waals surface area contributed by atoms with E-state index < -0.39 is 0 Å². The number of hydrogen-bond donors (Lipinski definition) is 1. The van der Waals surface area contributed by atoms with Crippen LogP contribution in [-0.4, -0.2) is 47.6 Å². The molecule has 2 aromatic rings. The van der Waals surface area contributed by atoms with Crippen LogP contribution in [-0.2, 0) is 9.53 Å². The molecule has 5 nitrogen and oxygen atoms in total. The van der Waals surface area contributed by atoms with Crippen LogP contribution in [0.25, 0.3) is 11.0 Å². The minimum absolute atomic E-state index is 0.201. The first-order chi connectivity index (χ1) is 10.3. The number of aromatic amines is 1. The summed E-state index contributed by atoms with van der Waals surface area (Å²) < 4.78 is 4.97. The largest absolute Gasteiger partial charge is 0.384 e. The number of amides is 1. The van der Waals surface area contributed by atoms with Gasteiger partial charge in [-0.15, -0.1) is 0 Å². The van der Waals surface area contributed by atoms with Crippen molar-refractivity contribution in [3.8, 4) is 0 Å². The van der Waals surface area contributed by atoms with Crippen molar-refractivity contribution in [1.82, 2.24) is 14.9 Å². The standard InChI is InChI=1S/C16H21N3O2/c1-21-10-6-15(20)19-8-4-12(5-9-19)13-11-18-14-3-2-7-17-16(13)14/h2-3,7,11-12,18H,4-6,8-10H2,1H3. The lowest BCUT2D eigenvalue weighted by Gasteiger charge is -2.31. The number of aromatic nitrogens is 2. The van der Waals surface area contributed by atoms with E-state index in [1.165, 1.54) is 5.56 Å². The van der Waals surface area contributed by atoms with Crippen LogP contribution >= 0.6 is 0 Å². The summed E-state index contributed by atoms with van der Waals surface area (Å²) in [5, 5.41) is 0. The highest BCUT2D eigenvalue weighted by Crippen LogP contribution is 2.32. The van der Waals surface area contributed by atoms with Gasteiger partial charge in [-0.05, 0) is 36.5 Å². The van der Waals surface area contributed by atoms with Crippen LogP contribution in [0.2, 0.25) is 0 Å². The zero-order chi connectivity index (χ0) is 14.7. The number of rotatable bonds is 4. The van der Waals surface area contributed by atoms with Crippen LogP contribution in [0, 0.1) is 0 Å². The predicted molar refractivity (Wildman–Crippen MR) is 81.1 cm³/mol. The Morgan fingerprint density at radius 1 is 1.48 bits per heavy atom. The molecule has 1 amide bonds. The molecule has 1 fully saturated rings. The van der Waals surface area contributed by atoms with Gasteiger partial charge >= 0.3 is 0 Å². The van der Waals surface area contributed by atoms with E-state index in [1.54, 1.807) is 7.11 Å². The third-order valence-corrected chi connectivity index (χ3v) is 4.27. The highest BCUT2D eigenvalue weighted by molar-refractivity contribution is 5.79. The minimum Gasteiger partial charge on any atom is -0.384 e. The smallest absolute Gasteiger partial charge is 0.224 e. The number of methoxy groups -OCH3 is 1. The Morgan fingerprint density at radius 2 is 2.29 bits per heavy atom. The summed E-state index contributed by atoms with van der Waals surface area (Å²) in [5.41, 5.74) is 3.45. The third kappa shape index (κ3) is 2.93. The molecule has 1 N–H and O–H groups in total. The van der Waals surface area contributed by atoms with Gasteiger partial charge < -0.3 is 14.6 Å². The molecular formula is C16H21N3O2. The summed E-state index contributed by atoms with van der Waals surface area (Å²) in [7, 11) is 1.63. The Balaban J connectivity index is 1.64. The monoisotopic (exact) mass is 287 g/mol. The zero-order valence-electron chi connectivity index (χ0n) is 12.3. The average Bonchev–Trinajstić information content (AvgIpc) is 2.97. The number of H-pyrrole nitrogens is 1. The van der Waals surface area contributed by atoms with E-state index in [9.17, 15) is 4.79 Å². The molecule has 2 aromatic heterocycles. The van der Waals surface area contributed by atoms with Crippen molar-refractivity contribution in [3.63, 3.8) is 0 Å². The van der Waals surface area contributed by atoms with Crippen molar-refractivity contribution in [1.29, 1.82) is 0 Å². The molecule has 0 atom stereocenters. The minimum atomic E-state index is 0.201. The Bertz CT molecular complexity index is 615.